The summed E-state index contributed by atoms with van der Waals surface area (Å²) in [6.07, 6.45) is 2.45. The Morgan fingerprint density at radius 3 is 2.42 bits per heavy atom. The van der Waals surface area contributed by atoms with E-state index in [1.165, 1.54) is 0 Å². The molecule has 72 valence electrons. The van der Waals surface area contributed by atoms with Crippen molar-refractivity contribution in [2.45, 2.75) is 24.9 Å². The predicted molar refractivity (Wildman–Crippen MR) is 48.2 cm³/mol. The molecule has 0 aromatic rings. The topological polar surface area (TPSA) is 32.7 Å². The smallest absolute Gasteiger partial charge is 0.0703 e. The van der Waals surface area contributed by atoms with E-state index in [0.717, 1.165) is 25.8 Å². The fourth-order valence-corrected chi connectivity index (χ4v) is 1.43. The van der Waals surface area contributed by atoms with Crippen LogP contribution in [0.1, 0.15) is 19.3 Å². The number of rotatable bonds is 3. The van der Waals surface area contributed by atoms with Crippen molar-refractivity contribution in [3.63, 3.8) is 0 Å². The van der Waals surface area contributed by atoms with E-state index < -0.39 is 5.60 Å². The predicted octanol–water partition coefficient (Wildman–Crippen LogP) is 0.480. The van der Waals surface area contributed by atoms with Crippen LogP contribution in [0.5, 0.6) is 0 Å². The van der Waals surface area contributed by atoms with Crippen LogP contribution in [0, 0.1) is 0 Å². The van der Waals surface area contributed by atoms with E-state index in [0.29, 0.717) is 13.2 Å². The van der Waals surface area contributed by atoms with E-state index in [2.05, 4.69) is 4.90 Å². The highest BCUT2D eigenvalue weighted by Crippen LogP contribution is 2.23. The summed E-state index contributed by atoms with van der Waals surface area (Å²) in [5.74, 6) is 0. The number of hydrogen-bond donors (Lipinski definition) is 1. The Labute approximate surface area is 74.3 Å². The molecule has 0 amide bonds. The van der Waals surface area contributed by atoms with Crippen LogP contribution in [0.25, 0.3) is 0 Å². The Bertz CT molecular complexity index is 130. The minimum atomic E-state index is -0.456. The number of nitrogens with zero attached hydrogens (tertiary/aromatic N) is 1. The third-order valence-electron chi connectivity index (χ3n) is 2.45. The number of hydrogen-bond acceptors (Lipinski definition) is 3. The molecule has 0 aliphatic carbocycles. The van der Waals surface area contributed by atoms with Crippen molar-refractivity contribution >= 4 is 0 Å². The first-order valence-corrected chi connectivity index (χ1v) is 4.57. The summed E-state index contributed by atoms with van der Waals surface area (Å²) < 4.78 is 5.20. The van der Waals surface area contributed by atoms with Crippen molar-refractivity contribution in [3.8, 4) is 0 Å². The van der Waals surface area contributed by atoms with E-state index in [1.807, 2.05) is 14.1 Å². The first kappa shape index (κ1) is 9.96. The molecule has 1 rings (SSSR count). The third kappa shape index (κ3) is 3.09. The monoisotopic (exact) mass is 173 g/mol. The molecule has 0 bridgehead atoms. The zero-order chi connectivity index (χ0) is 9.03. The molecule has 0 aromatic carbocycles. The van der Waals surface area contributed by atoms with E-state index in [9.17, 15) is 5.11 Å². The van der Waals surface area contributed by atoms with Crippen molar-refractivity contribution < 1.29 is 9.84 Å². The molecular weight excluding hydrogens is 154 g/mol. The van der Waals surface area contributed by atoms with Crippen LogP contribution >= 0.6 is 0 Å². The lowest BCUT2D eigenvalue weighted by Gasteiger charge is -2.32. The van der Waals surface area contributed by atoms with Crippen LogP contribution in [0.15, 0.2) is 0 Å². The summed E-state index contributed by atoms with van der Waals surface area (Å²) in [4.78, 5) is 2.10. The largest absolute Gasteiger partial charge is 0.390 e. The van der Waals surface area contributed by atoms with Gasteiger partial charge in [-0.2, -0.15) is 0 Å². The van der Waals surface area contributed by atoms with Gasteiger partial charge in [-0.25, -0.2) is 0 Å². The third-order valence-corrected chi connectivity index (χ3v) is 2.45. The summed E-state index contributed by atoms with van der Waals surface area (Å²) in [5, 5.41) is 10.0. The van der Waals surface area contributed by atoms with Gasteiger partial charge in [-0.05, 0) is 33.4 Å². The molecule has 0 spiro atoms. The minimum absolute atomic E-state index is 0.456. The maximum Gasteiger partial charge on any atom is 0.0703 e. The maximum atomic E-state index is 10.0. The van der Waals surface area contributed by atoms with Gasteiger partial charge in [0, 0.05) is 19.8 Å². The van der Waals surface area contributed by atoms with Crippen molar-refractivity contribution in [2.75, 3.05) is 33.9 Å². The van der Waals surface area contributed by atoms with Crippen LogP contribution < -0.4 is 0 Å². The Morgan fingerprint density at radius 2 is 1.92 bits per heavy atom. The molecule has 3 nitrogen and oxygen atoms in total. The minimum Gasteiger partial charge on any atom is -0.390 e. The Morgan fingerprint density at radius 1 is 1.33 bits per heavy atom. The summed E-state index contributed by atoms with van der Waals surface area (Å²) in [5.41, 5.74) is -0.456. The second-order valence-corrected chi connectivity index (χ2v) is 3.89. The number of aliphatic hydroxyl groups is 1. The molecule has 1 saturated heterocycles. The molecule has 1 fully saturated rings. The van der Waals surface area contributed by atoms with Crippen LogP contribution in [0.4, 0.5) is 0 Å². The molecule has 3 heteroatoms. The highest BCUT2D eigenvalue weighted by molar-refractivity contribution is 4.81. The molecule has 0 atom stereocenters. The molecule has 12 heavy (non-hydrogen) atoms. The van der Waals surface area contributed by atoms with Crippen molar-refractivity contribution in [2.24, 2.45) is 0 Å². The lowest BCUT2D eigenvalue weighted by molar-refractivity contribution is -0.0703. The fraction of sp³-hybridized carbons (Fsp3) is 1.00. The van der Waals surface area contributed by atoms with Gasteiger partial charge in [0.05, 0.1) is 5.60 Å². The molecule has 1 aliphatic heterocycles. The van der Waals surface area contributed by atoms with E-state index in [4.69, 9.17) is 4.74 Å². The van der Waals surface area contributed by atoms with Gasteiger partial charge in [0.15, 0.2) is 0 Å². The average Bonchev–Trinajstić information content (AvgIpc) is 2.03. The van der Waals surface area contributed by atoms with Crippen LogP contribution in [0.3, 0.4) is 0 Å². The lowest BCUT2D eigenvalue weighted by Crippen LogP contribution is -2.38. The average molecular weight is 173 g/mol. The Balaban J connectivity index is 2.26. The van der Waals surface area contributed by atoms with Gasteiger partial charge in [0.25, 0.3) is 0 Å². The van der Waals surface area contributed by atoms with Crippen LogP contribution in [0.2, 0.25) is 0 Å². The summed E-state index contributed by atoms with van der Waals surface area (Å²) >= 11 is 0. The highest BCUT2D eigenvalue weighted by Gasteiger charge is 2.29. The van der Waals surface area contributed by atoms with E-state index in [1.54, 1.807) is 0 Å². The first-order valence-electron chi connectivity index (χ1n) is 4.57. The standard InChI is InChI=1S/C9H19NO2/c1-10(2)6-3-9(11)4-7-12-8-5-9/h11H,3-8H2,1-2H3. The van der Waals surface area contributed by atoms with Crippen molar-refractivity contribution in [1.29, 1.82) is 0 Å². The quantitative estimate of drug-likeness (QED) is 0.674. The maximum absolute atomic E-state index is 10.0. The molecular formula is C9H19NO2. The van der Waals surface area contributed by atoms with Gasteiger partial charge in [-0.15, -0.1) is 0 Å². The SMILES string of the molecule is CN(C)CCC1(O)CCOCC1. The zero-order valence-corrected chi connectivity index (χ0v) is 8.05. The number of ether oxygens (including phenoxy) is 1. The van der Waals surface area contributed by atoms with Gasteiger partial charge in [0.1, 0.15) is 0 Å². The normalized spacial score (nSPS) is 23.0. The van der Waals surface area contributed by atoms with E-state index in [-0.39, 0.29) is 0 Å². The summed E-state index contributed by atoms with van der Waals surface area (Å²) in [6, 6.07) is 0. The second-order valence-electron chi connectivity index (χ2n) is 3.89. The van der Waals surface area contributed by atoms with Crippen molar-refractivity contribution in [3.05, 3.63) is 0 Å². The van der Waals surface area contributed by atoms with E-state index >= 15 is 0 Å². The fourth-order valence-electron chi connectivity index (χ4n) is 1.43. The second kappa shape index (κ2) is 4.21. The zero-order valence-electron chi connectivity index (χ0n) is 8.05. The van der Waals surface area contributed by atoms with Gasteiger partial charge in [-0.3, -0.25) is 0 Å². The molecule has 1 aliphatic rings. The molecule has 0 unspecified atom stereocenters. The molecule has 0 saturated carbocycles. The first-order chi connectivity index (χ1) is 5.62. The van der Waals surface area contributed by atoms with Crippen LogP contribution in [-0.2, 0) is 4.74 Å². The molecule has 1 heterocycles. The Kier molecular flexibility index (Phi) is 3.50. The van der Waals surface area contributed by atoms with Gasteiger partial charge in [-0.1, -0.05) is 0 Å². The van der Waals surface area contributed by atoms with Gasteiger partial charge < -0.3 is 14.7 Å². The van der Waals surface area contributed by atoms with Gasteiger partial charge in [0.2, 0.25) is 0 Å². The lowest BCUT2D eigenvalue weighted by atomic mass is 9.91. The van der Waals surface area contributed by atoms with Gasteiger partial charge >= 0.3 is 0 Å². The summed E-state index contributed by atoms with van der Waals surface area (Å²) in [7, 11) is 4.06. The van der Waals surface area contributed by atoms with Crippen LogP contribution in [-0.4, -0.2) is 49.5 Å². The molecule has 0 aromatic heterocycles. The molecule has 0 radical (unpaired) electrons. The highest BCUT2D eigenvalue weighted by atomic mass is 16.5. The summed E-state index contributed by atoms with van der Waals surface area (Å²) in [6.45, 7) is 2.38. The Hall–Kier alpha value is -0.120. The van der Waals surface area contributed by atoms with Crippen molar-refractivity contribution in [1.82, 2.24) is 4.90 Å². The molecule has 1 N–H and O–H groups in total.